The number of nitrogen functional groups attached to an aromatic ring is 1. The van der Waals surface area contributed by atoms with Crippen molar-refractivity contribution < 1.29 is 17.6 Å². The number of nitrogens with one attached hydrogen (secondary N) is 1. The largest absolute Gasteiger partial charge is 0.419 e. The third-order valence-corrected chi connectivity index (χ3v) is 1.58. The number of alkyl halides is 3. The molecule has 0 aromatic heterocycles. The van der Waals surface area contributed by atoms with Gasteiger partial charge in [-0.05, 0) is 18.2 Å². The molecular formula is C8H6F4N2. The first-order chi connectivity index (χ1) is 6.32. The highest BCUT2D eigenvalue weighted by atomic mass is 19.4. The van der Waals surface area contributed by atoms with Gasteiger partial charge < -0.3 is 5.73 Å². The van der Waals surface area contributed by atoms with E-state index in [0.717, 1.165) is 6.07 Å². The molecular weight excluding hydrogens is 200 g/mol. The van der Waals surface area contributed by atoms with Crippen molar-refractivity contribution >= 4 is 5.84 Å². The van der Waals surface area contributed by atoms with E-state index >= 15 is 0 Å². The van der Waals surface area contributed by atoms with E-state index in [-0.39, 0.29) is 5.56 Å². The number of nitrogens with two attached hydrogens (primary N) is 1. The highest BCUT2D eigenvalue weighted by Crippen LogP contribution is 2.31. The van der Waals surface area contributed by atoms with Crippen molar-refractivity contribution in [2.24, 2.45) is 5.73 Å². The van der Waals surface area contributed by atoms with E-state index in [0.29, 0.717) is 12.1 Å². The van der Waals surface area contributed by atoms with E-state index in [1.165, 1.54) is 0 Å². The van der Waals surface area contributed by atoms with Crippen LogP contribution in [-0.2, 0) is 6.18 Å². The molecule has 0 spiro atoms. The minimum Gasteiger partial charge on any atom is -0.384 e. The maximum absolute atomic E-state index is 12.7. The van der Waals surface area contributed by atoms with Crippen LogP contribution >= 0.6 is 0 Å². The van der Waals surface area contributed by atoms with Crippen molar-refractivity contribution in [1.29, 1.82) is 5.41 Å². The number of hydrogen-bond donors (Lipinski definition) is 2. The van der Waals surface area contributed by atoms with Gasteiger partial charge in [0.15, 0.2) is 0 Å². The summed E-state index contributed by atoms with van der Waals surface area (Å²) in [6, 6.07) is 2.17. The summed E-state index contributed by atoms with van der Waals surface area (Å²) in [5.41, 5.74) is 3.40. The standard InChI is InChI=1S/C8H6F4N2/c9-6-2-1-4(7(13)14)3-5(6)8(10,11)12/h1-3H,(H3,13,14). The smallest absolute Gasteiger partial charge is 0.384 e. The Morgan fingerprint density at radius 1 is 1.29 bits per heavy atom. The molecule has 0 saturated heterocycles. The van der Waals surface area contributed by atoms with Gasteiger partial charge in [-0.25, -0.2) is 4.39 Å². The zero-order valence-electron chi connectivity index (χ0n) is 6.82. The van der Waals surface area contributed by atoms with Crippen molar-refractivity contribution in [2.45, 2.75) is 6.18 Å². The number of benzene rings is 1. The van der Waals surface area contributed by atoms with Crippen LogP contribution in [-0.4, -0.2) is 5.84 Å². The van der Waals surface area contributed by atoms with Gasteiger partial charge in [0.05, 0.1) is 5.56 Å². The monoisotopic (exact) mass is 206 g/mol. The second-order valence-corrected chi connectivity index (χ2v) is 2.61. The lowest BCUT2D eigenvalue weighted by Crippen LogP contribution is -2.14. The lowest BCUT2D eigenvalue weighted by molar-refractivity contribution is -0.140. The average Bonchev–Trinajstić information content (AvgIpc) is 2.02. The van der Waals surface area contributed by atoms with Crippen LogP contribution in [0.2, 0.25) is 0 Å². The van der Waals surface area contributed by atoms with E-state index in [2.05, 4.69) is 0 Å². The first-order valence-corrected chi connectivity index (χ1v) is 3.53. The van der Waals surface area contributed by atoms with E-state index in [9.17, 15) is 17.6 Å². The van der Waals surface area contributed by atoms with Crippen LogP contribution in [0.5, 0.6) is 0 Å². The number of halogens is 4. The fourth-order valence-electron chi connectivity index (χ4n) is 0.910. The number of rotatable bonds is 1. The Labute approximate surface area is 76.8 Å². The van der Waals surface area contributed by atoms with Gasteiger partial charge in [0.25, 0.3) is 0 Å². The van der Waals surface area contributed by atoms with Crippen LogP contribution in [0, 0.1) is 11.2 Å². The molecule has 1 rings (SSSR count). The van der Waals surface area contributed by atoms with Gasteiger partial charge in [0, 0.05) is 5.56 Å². The molecule has 0 unspecified atom stereocenters. The summed E-state index contributed by atoms with van der Waals surface area (Å²) in [7, 11) is 0. The van der Waals surface area contributed by atoms with Gasteiger partial charge in [0.2, 0.25) is 0 Å². The SMILES string of the molecule is N=C(N)c1ccc(F)c(C(F)(F)F)c1. The predicted molar refractivity (Wildman–Crippen MR) is 42.4 cm³/mol. The molecule has 1 aromatic rings. The van der Waals surface area contributed by atoms with Gasteiger partial charge in [-0.15, -0.1) is 0 Å². The zero-order chi connectivity index (χ0) is 10.9. The van der Waals surface area contributed by atoms with Crippen LogP contribution in [0.25, 0.3) is 0 Å². The molecule has 0 aliphatic carbocycles. The molecule has 0 atom stereocenters. The maximum Gasteiger partial charge on any atom is 0.419 e. The van der Waals surface area contributed by atoms with Gasteiger partial charge in [0.1, 0.15) is 11.7 Å². The van der Waals surface area contributed by atoms with E-state index in [1.54, 1.807) is 0 Å². The Balaban J connectivity index is 3.29. The van der Waals surface area contributed by atoms with Gasteiger partial charge in [-0.3, -0.25) is 5.41 Å². The van der Waals surface area contributed by atoms with Crippen LogP contribution < -0.4 is 5.73 Å². The Bertz CT molecular complexity index is 370. The van der Waals surface area contributed by atoms with Crippen LogP contribution in [0.3, 0.4) is 0 Å². The van der Waals surface area contributed by atoms with Crippen molar-refractivity contribution in [3.05, 3.63) is 35.1 Å². The summed E-state index contributed by atoms with van der Waals surface area (Å²) in [5, 5.41) is 6.90. The second kappa shape index (κ2) is 3.28. The van der Waals surface area contributed by atoms with Crippen LogP contribution in [0.4, 0.5) is 17.6 Å². The fourth-order valence-corrected chi connectivity index (χ4v) is 0.910. The van der Waals surface area contributed by atoms with Crippen molar-refractivity contribution in [2.75, 3.05) is 0 Å². The molecule has 0 aliphatic heterocycles. The summed E-state index contributed by atoms with van der Waals surface area (Å²) in [6.07, 6.45) is -4.77. The Morgan fingerprint density at radius 2 is 1.86 bits per heavy atom. The summed E-state index contributed by atoms with van der Waals surface area (Å²) in [5.74, 6) is -1.90. The summed E-state index contributed by atoms with van der Waals surface area (Å²) >= 11 is 0. The van der Waals surface area contributed by atoms with Gasteiger partial charge in [-0.2, -0.15) is 13.2 Å². The predicted octanol–water partition coefficient (Wildman–Crippen LogP) is 2.13. The normalized spacial score (nSPS) is 11.4. The van der Waals surface area contributed by atoms with Gasteiger partial charge in [-0.1, -0.05) is 0 Å². The Kier molecular flexibility index (Phi) is 2.46. The minimum atomic E-state index is -4.77. The number of amidine groups is 1. The molecule has 0 radical (unpaired) electrons. The molecule has 0 aliphatic rings. The van der Waals surface area contributed by atoms with Crippen LogP contribution in [0.1, 0.15) is 11.1 Å². The molecule has 3 N–H and O–H groups in total. The summed E-state index contributed by atoms with van der Waals surface area (Å²) in [4.78, 5) is 0. The topological polar surface area (TPSA) is 49.9 Å². The van der Waals surface area contributed by atoms with Crippen LogP contribution in [0.15, 0.2) is 18.2 Å². The molecule has 2 nitrogen and oxygen atoms in total. The van der Waals surface area contributed by atoms with Crippen molar-refractivity contribution in [3.63, 3.8) is 0 Å². The highest BCUT2D eigenvalue weighted by molar-refractivity contribution is 5.95. The number of hydrogen-bond acceptors (Lipinski definition) is 1. The fraction of sp³-hybridized carbons (Fsp3) is 0.125. The third-order valence-electron chi connectivity index (χ3n) is 1.58. The molecule has 0 fully saturated rings. The first-order valence-electron chi connectivity index (χ1n) is 3.53. The molecule has 0 bridgehead atoms. The average molecular weight is 206 g/mol. The molecule has 1 aromatic carbocycles. The van der Waals surface area contributed by atoms with E-state index in [1.807, 2.05) is 0 Å². The summed E-state index contributed by atoms with van der Waals surface area (Å²) < 4.78 is 49.1. The Morgan fingerprint density at radius 3 is 2.29 bits per heavy atom. The molecule has 0 amide bonds. The van der Waals surface area contributed by atoms with E-state index < -0.39 is 23.4 Å². The van der Waals surface area contributed by atoms with Crippen molar-refractivity contribution in [3.8, 4) is 0 Å². The third kappa shape index (κ3) is 2.01. The highest BCUT2D eigenvalue weighted by Gasteiger charge is 2.34. The lowest BCUT2D eigenvalue weighted by Gasteiger charge is -2.09. The molecule has 0 heterocycles. The minimum absolute atomic E-state index is 0.154. The van der Waals surface area contributed by atoms with Gasteiger partial charge >= 0.3 is 6.18 Å². The zero-order valence-corrected chi connectivity index (χ0v) is 6.82. The molecule has 76 valence electrons. The Hall–Kier alpha value is -1.59. The van der Waals surface area contributed by atoms with E-state index in [4.69, 9.17) is 11.1 Å². The quantitative estimate of drug-likeness (QED) is 0.412. The molecule has 0 saturated carbocycles. The maximum atomic E-state index is 12.7. The summed E-state index contributed by atoms with van der Waals surface area (Å²) in [6.45, 7) is 0. The first kappa shape index (κ1) is 10.5. The molecule has 14 heavy (non-hydrogen) atoms. The molecule has 6 heteroatoms. The lowest BCUT2D eigenvalue weighted by atomic mass is 10.1. The second-order valence-electron chi connectivity index (χ2n) is 2.61. The van der Waals surface area contributed by atoms with Crippen molar-refractivity contribution in [1.82, 2.24) is 0 Å².